The molecule has 0 radical (unpaired) electrons. The number of benzene rings is 2. The number of unbranched alkanes of at least 4 members (excludes halogenated alkanes) is 1. The second kappa shape index (κ2) is 12.0. The third kappa shape index (κ3) is 5.97. The average Bonchev–Trinajstić information content (AvgIpc) is 3.49. The number of ether oxygens (including phenoxy) is 2. The smallest absolute Gasteiger partial charge is 0.147 e. The predicted octanol–water partition coefficient (Wildman–Crippen LogP) is 7.18. The minimum atomic E-state index is -0.192. The van der Waals surface area contributed by atoms with Gasteiger partial charge in [-0.1, -0.05) is 24.3 Å². The Balaban J connectivity index is 1.05. The number of halogens is 1. The van der Waals surface area contributed by atoms with Gasteiger partial charge < -0.3 is 14.5 Å². The number of para-hydroxylation sites is 1. The second-order valence-electron chi connectivity index (χ2n) is 9.35. The van der Waals surface area contributed by atoms with Gasteiger partial charge in [-0.25, -0.2) is 9.37 Å². The van der Waals surface area contributed by atoms with Crippen LogP contribution in [-0.2, 0) is 4.74 Å². The maximum absolute atomic E-state index is 14.3. The molecule has 1 aliphatic rings. The molecule has 2 aromatic heterocycles. The summed E-state index contributed by atoms with van der Waals surface area (Å²) in [6, 6.07) is 11.7. The predicted molar refractivity (Wildman–Crippen MR) is 145 cm³/mol. The molecule has 0 aliphatic carbocycles. The molecule has 1 unspecified atom stereocenters. The number of H-pyrrole nitrogens is 1. The Labute approximate surface area is 215 Å². The fraction of sp³-hybridized carbons (Fsp3) is 0.414. The van der Waals surface area contributed by atoms with Crippen LogP contribution in [0.15, 0.2) is 54.7 Å². The Morgan fingerprint density at radius 2 is 2.00 bits per heavy atom. The molecule has 36 heavy (non-hydrogen) atoms. The van der Waals surface area contributed by atoms with Crippen LogP contribution in [0, 0.1) is 12.7 Å². The molecule has 4 aromatic rings. The van der Waals surface area contributed by atoms with Crippen molar-refractivity contribution >= 4 is 32.5 Å². The number of rotatable bonds is 12. The van der Waals surface area contributed by atoms with Crippen molar-refractivity contribution in [1.82, 2.24) is 14.9 Å². The number of fused-ring (bicyclic) bond motifs is 2. The first kappa shape index (κ1) is 24.9. The zero-order valence-electron chi connectivity index (χ0n) is 20.8. The molecule has 1 aliphatic heterocycles. The molecule has 3 heterocycles. The van der Waals surface area contributed by atoms with Crippen LogP contribution in [0.1, 0.15) is 48.7 Å². The lowest BCUT2D eigenvalue weighted by atomic mass is 9.98. The van der Waals surface area contributed by atoms with Crippen LogP contribution in [0.3, 0.4) is 0 Å². The normalized spacial score (nSPS) is 15.2. The summed E-state index contributed by atoms with van der Waals surface area (Å²) in [7, 11) is 0. The molecule has 5 rings (SSSR count). The Morgan fingerprint density at radius 3 is 2.89 bits per heavy atom. The SMILES string of the molecule is Cc1nc2cc(OCCCCOCCCC(c3c[nH]c4c(F)cccc34)N3CC=CCC3)ccc2s1. The Morgan fingerprint density at radius 1 is 1.11 bits per heavy atom. The van der Waals surface area contributed by atoms with Crippen molar-refractivity contribution in [2.45, 2.75) is 45.1 Å². The van der Waals surface area contributed by atoms with Crippen LogP contribution < -0.4 is 4.74 Å². The minimum Gasteiger partial charge on any atom is -0.494 e. The van der Waals surface area contributed by atoms with Gasteiger partial charge in [0.1, 0.15) is 11.6 Å². The van der Waals surface area contributed by atoms with Crippen LogP contribution in [0.2, 0.25) is 0 Å². The summed E-state index contributed by atoms with van der Waals surface area (Å²) in [5.41, 5.74) is 2.79. The van der Waals surface area contributed by atoms with Crippen molar-refractivity contribution in [3.63, 3.8) is 0 Å². The number of nitrogens with one attached hydrogen (secondary N) is 1. The average molecular weight is 508 g/mol. The zero-order chi connectivity index (χ0) is 24.7. The first-order chi connectivity index (χ1) is 17.7. The van der Waals surface area contributed by atoms with Crippen molar-refractivity contribution in [2.75, 3.05) is 32.9 Å². The molecule has 1 atom stereocenters. The Hall–Kier alpha value is -2.74. The molecular formula is C29H34FN3O2S. The van der Waals surface area contributed by atoms with E-state index in [1.807, 2.05) is 31.3 Å². The number of hydrogen-bond acceptors (Lipinski definition) is 5. The van der Waals surface area contributed by atoms with Crippen LogP contribution in [-0.4, -0.2) is 47.8 Å². The third-order valence-corrected chi connectivity index (χ3v) is 7.72. The maximum Gasteiger partial charge on any atom is 0.147 e. The number of hydrogen-bond donors (Lipinski definition) is 1. The summed E-state index contributed by atoms with van der Waals surface area (Å²) >= 11 is 1.71. The lowest BCUT2D eigenvalue weighted by Crippen LogP contribution is -2.32. The molecule has 5 nitrogen and oxygen atoms in total. The van der Waals surface area contributed by atoms with E-state index >= 15 is 0 Å². The van der Waals surface area contributed by atoms with Crippen molar-refractivity contribution < 1.29 is 13.9 Å². The van der Waals surface area contributed by atoms with Gasteiger partial charge in [0.15, 0.2) is 0 Å². The summed E-state index contributed by atoms with van der Waals surface area (Å²) in [5.74, 6) is 0.687. The number of aromatic amines is 1. The van der Waals surface area contributed by atoms with E-state index in [4.69, 9.17) is 9.47 Å². The minimum absolute atomic E-state index is 0.192. The Bertz CT molecular complexity index is 1310. The summed E-state index contributed by atoms with van der Waals surface area (Å²) < 4.78 is 27.3. The second-order valence-corrected chi connectivity index (χ2v) is 10.6. The van der Waals surface area contributed by atoms with Gasteiger partial charge in [0.05, 0.1) is 27.3 Å². The molecule has 0 saturated carbocycles. The van der Waals surface area contributed by atoms with E-state index in [9.17, 15) is 4.39 Å². The van der Waals surface area contributed by atoms with E-state index in [0.29, 0.717) is 12.1 Å². The summed E-state index contributed by atoms with van der Waals surface area (Å²) in [4.78, 5) is 10.2. The molecule has 0 amide bonds. The van der Waals surface area contributed by atoms with Gasteiger partial charge in [0, 0.05) is 50.0 Å². The highest BCUT2D eigenvalue weighted by Gasteiger charge is 2.23. The van der Waals surface area contributed by atoms with Crippen LogP contribution >= 0.6 is 11.3 Å². The highest BCUT2D eigenvalue weighted by molar-refractivity contribution is 7.18. The van der Waals surface area contributed by atoms with Gasteiger partial charge in [-0.2, -0.15) is 0 Å². The summed E-state index contributed by atoms with van der Waals surface area (Å²) in [6.07, 6.45) is 11.4. The van der Waals surface area contributed by atoms with Crippen molar-refractivity contribution in [3.8, 4) is 5.75 Å². The quantitative estimate of drug-likeness (QED) is 0.163. The van der Waals surface area contributed by atoms with Crippen molar-refractivity contribution in [3.05, 3.63) is 71.1 Å². The van der Waals surface area contributed by atoms with Crippen molar-refractivity contribution in [2.24, 2.45) is 0 Å². The summed E-state index contributed by atoms with van der Waals surface area (Å²) in [6.45, 7) is 6.14. The highest BCUT2D eigenvalue weighted by atomic mass is 32.1. The van der Waals surface area contributed by atoms with Crippen LogP contribution in [0.25, 0.3) is 21.1 Å². The fourth-order valence-electron chi connectivity index (χ4n) is 4.98. The van der Waals surface area contributed by atoms with Gasteiger partial charge in [-0.05, 0) is 62.8 Å². The molecule has 1 N–H and O–H groups in total. The summed E-state index contributed by atoms with van der Waals surface area (Å²) in [5, 5.41) is 2.06. The van der Waals surface area contributed by atoms with Crippen LogP contribution in [0.5, 0.6) is 5.75 Å². The van der Waals surface area contributed by atoms with Gasteiger partial charge >= 0.3 is 0 Å². The standard InChI is InChI=1S/C29H34FN3O2S/c1-21-32-26-19-22(12-13-28(26)36-21)35-18-6-5-16-34-17-8-11-27(33-14-3-2-4-15-33)24-20-31-29-23(24)9-7-10-25(29)30/h2-3,7,9-10,12-13,19-20,27,31H,4-6,8,11,14-18H2,1H3. The topological polar surface area (TPSA) is 50.4 Å². The van der Waals surface area contributed by atoms with E-state index in [1.165, 1.54) is 16.3 Å². The van der Waals surface area contributed by atoms with E-state index < -0.39 is 0 Å². The fourth-order valence-corrected chi connectivity index (χ4v) is 5.79. The molecule has 0 spiro atoms. The van der Waals surface area contributed by atoms with Crippen molar-refractivity contribution in [1.29, 1.82) is 0 Å². The molecule has 190 valence electrons. The largest absolute Gasteiger partial charge is 0.494 e. The zero-order valence-corrected chi connectivity index (χ0v) is 21.7. The maximum atomic E-state index is 14.3. The monoisotopic (exact) mass is 507 g/mol. The molecule has 2 aromatic carbocycles. The molecule has 7 heteroatoms. The molecule has 0 bridgehead atoms. The van der Waals surface area contributed by atoms with Gasteiger partial charge in [0.2, 0.25) is 0 Å². The van der Waals surface area contributed by atoms with Crippen LogP contribution in [0.4, 0.5) is 4.39 Å². The first-order valence-corrected chi connectivity index (χ1v) is 13.7. The lowest BCUT2D eigenvalue weighted by molar-refractivity contribution is 0.112. The number of aryl methyl sites for hydroxylation is 1. The van der Waals surface area contributed by atoms with E-state index in [0.717, 1.165) is 80.1 Å². The number of aromatic nitrogens is 2. The number of nitrogens with zero attached hydrogens (tertiary/aromatic N) is 2. The first-order valence-electron chi connectivity index (χ1n) is 12.9. The van der Waals surface area contributed by atoms with E-state index in [-0.39, 0.29) is 11.9 Å². The van der Waals surface area contributed by atoms with Gasteiger partial charge in [-0.15, -0.1) is 11.3 Å². The van der Waals surface area contributed by atoms with Gasteiger partial charge in [0.25, 0.3) is 0 Å². The van der Waals surface area contributed by atoms with Gasteiger partial charge in [-0.3, -0.25) is 4.90 Å². The lowest BCUT2D eigenvalue weighted by Gasteiger charge is -2.32. The van der Waals surface area contributed by atoms with E-state index in [2.05, 4.69) is 33.1 Å². The molecular weight excluding hydrogens is 473 g/mol. The third-order valence-electron chi connectivity index (χ3n) is 6.77. The highest BCUT2D eigenvalue weighted by Crippen LogP contribution is 2.33. The molecule has 0 saturated heterocycles. The Kier molecular flexibility index (Phi) is 8.31. The number of thiazole rings is 1. The van der Waals surface area contributed by atoms with E-state index in [1.54, 1.807) is 17.4 Å². The molecule has 0 fully saturated rings.